The molecule has 1 aliphatic rings. The fraction of sp³-hybridized carbons (Fsp3) is 0.867. The molecule has 1 fully saturated rings. The third kappa shape index (κ3) is 5.65. The molecule has 1 rings (SSSR count). The molecule has 0 heterocycles. The number of nitrogens with one attached hydrogen (secondary N) is 1. The lowest BCUT2D eigenvalue weighted by Gasteiger charge is -2.30. The van der Waals surface area contributed by atoms with Crippen molar-refractivity contribution < 1.29 is 9.59 Å². The number of amides is 1. The van der Waals surface area contributed by atoms with Crippen molar-refractivity contribution in [3.8, 4) is 0 Å². The van der Waals surface area contributed by atoms with Gasteiger partial charge in [-0.2, -0.15) is 0 Å². The summed E-state index contributed by atoms with van der Waals surface area (Å²) in [7, 11) is 0. The molecule has 3 heteroatoms. The summed E-state index contributed by atoms with van der Waals surface area (Å²) in [5.74, 6) is 0.443. The van der Waals surface area contributed by atoms with Crippen molar-refractivity contribution >= 4 is 11.7 Å². The first-order chi connectivity index (χ1) is 8.52. The van der Waals surface area contributed by atoms with Gasteiger partial charge in [0.15, 0.2) is 5.78 Å². The van der Waals surface area contributed by atoms with Crippen LogP contribution in [-0.4, -0.2) is 17.7 Å². The summed E-state index contributed by atoms with van der Waals surface area (Å²) in [6, 6.07) is -0.252. The number of ketones is 1. The number of carbonyl (C=O) groups excluding carboxylic acids is 2. The maximum Gasteiger partial charge on any atom is 0.217 e. The molecule has 0 radical (unpaired) electrons. The summed E-state index contributed by atoms with van der Waals surface area (Å²) in [6.07, 6.45) is 5.78. The molecule has 0 aromatic carbocycles. The minimum absolute atomic E-state index is 0.00113. The van der Waals surface area contributed by atoms with E-state index in [0.717, 1.165) is 12.8 Å². The molecule has 1 saturated carbocycles. The van der Waals surface area contributed by atoms with Gasteiger partial charge < -0.3 is 5.32 Å². The maximum absolute atomic E-state index is 12.1. The first-order valence-electron chi connectivity index (χ1n) is 7.33. The molecule has 106 valence electrons. The third-order valence-corrected chi connectivity index (χ3v) is 3.36. The largest absolute Gasteiger partial charge is 0.346 e. The zero-order valence-corrected chi connectivity index (χ0v) is 12.6. The van der Waals surface area contributed by atoms with Gasteiger partial charge in [0.05, 0.1) is 6.04 Å². The van der Waals surface area contributed by atoms with E-state index in [2.05, 4.69) is 5.32 Å². The van der Waals surface area contributed by atoms with Crippen LogP contribution in [-0.2, 0) is 9.59 Å². The van der Waals surface area contributed by atoms with Crippen LogP contribution in [0.4, 0.5) is 0 Å². The topological polar surface area (TPSA) is 46.2 Å². The Bertz CT molecular complexity index is 255. The van der Waals surface area contributed by atoms with E-state index in [1.54, 1.807) is 0 Å². The molecule has 18 heavy (non-hydrogen) atoms. The van der Waals surface area contributed by atoms with Crippen molar-refractivity contribution in [1.29, 1.82) is 0 Å². The summed E-state index contributed by atoms with van der Waals surface area (Å²) in [6.45, 7) is 9.30. The number of Topliss-reactive ketones (excluding diaryl/α,β-unsaturated/α-hetero) is 1. The van der Waals surface area contributed by atoms with Gasteiger partial charge in [-0.25, -0.2) is 0 Å². The normalized spacial score (nSPS) is 17.7. The second-order valence-corrected chi connectivity index (χ2v) is 5.13. The fourth-order valence-corrected chi connectivity index (χ4v) is 2.47. The maximum atomic E-state index is 12.1. The predicted molar refractivity (Wildman–Crippen MR) is 75.4 cm³/mol. The average Bonchev–Trinajstić information content (AvgIpc) is 2.38. The van der Waals surface area contributed by atoms with Crippen LogP contribution < -0.4 is 5.32 Å². The van der Waals surface area contributed by atoms with E-state index in [9.17, 15) is 9.59 Å². The highest BCUT2D eigenvalue weighted by Crippen LogP contribution is 2.27. The highest BCUT2D eigenvalue weighted by Gasteiger charge is 2.31. The lowest BCUT2D eigenvalue weighted by atomic mass is 9.80. The summed E-state index contributed by atoms with van der Waals surface area (Å²) in [5.41, 5.74) is 0. The molecule has 1 unspecified atom stereocenters. The minimum Gasteiger partial charge on any atom is -0.346 e. The highest BCUT2D eigenvalue weighted by atomic mass is 16.2. The Labute approximate surface area is 112 Å². The van der Waals surface area contributed by atoms with Gasteiger partial charge in [-0.05, 0) is 18.8 Å². The van der Waals surface area contributed by atoms with Gasteiger partial charge in [-0.1, -0.05) is 47.0 Å². The van der Waals surface area contributed by atoms with Crippen molar-refractivity contribution in [2.45, 2.75) is 72.8 Å². The van der Waals surface area contributed by atoms with Gasteiger partial charge >= 0.3 is 0 Å². The second kappa shape index (κ2) is 9.12. The zero-order valence-electron chi connectivity index (χ0n) is 12.6. The Hall–Kier alpha value is -0.860. The SMILES string of the molecule is CC.CC(=O)NC(C(=O)C(C)C)C1CCCCC1. The highest BCUT2D eigenvalue weighted by molar-refractivity contribution is 5.89. The minimum atomic E-state index is -0.252. The van der Waals surface area contributed by atoms with Gasteiger partial charge in [0.2, 0.25) is 5.91 Å². The van der Waals surface area contributed by atoms with Gasteiger partial charge in [0.25, 0.3) is 0 Å². The third-order valence-electron chi connectivity index (χ3n) is 3.36. The molecule has 1 N–H and O–H groups in total. The van der Waals surface area contributed by atoms with Crippen LogP contribution in [0.3, 0.4) is 0 Å². The summed E-state index contributed by atoms with van der Waals surface area (Å²) < 4.78 is 0. The van der Waals surface area contributed by atoms with E-state index in [4.69, 9.17) is 0 Å². The molecule has 1 aliphatic carbocycles. The molecule has 3 nitrogen and oxygen atoms in total. The van der Waals surface area contributed by atoms with E-state index in [-0.39, 0.29) is 23.7 Å². The first kappa shape index (κ1) is 17.1. The average molecular weight is 255 g/mol. The molecule has 0 bridgehead atoms. The van der Waals surface area contributed by atoms with Gasteiger partial charge in [-0.15, -0.1) is 0 Å². The number of rotatable bonds is 4. The molecule has 0 aromatic rings. The van der Waals surface area contributed by atoms with Gasteiger partial charge in [0, 0.05) is 12.8 Å². The van der Waals surface area contributed by atoms with Crippen LogP contribution in [0.25, 0.3) is 0 Å². The molecule has 0 spiro atoms. The fourth-order valence-electron chi connectivity index (χ4n) is 2.47. The number of hydrogen-bond acceptors (Lipinski definition) is 2. The number of hydrogen-bond donors (Lipinski definition) is 1. The van der Waals surface area contributed by atoms with E-state index >= 15 is 0 Å². The Morgan fingerprint density at radius 3 is 1.94 bits per heavy atom. The van der Waals surface area contributed by atoms with Crippen LogP contribution in [0.5, 0.6) is 0 Å². The predicted octanol–water partition coefficient (Wildman–Crippen LogP) is 3.32. The molecule has 0 aliphatic heterocycles. The van der Waals surface area contributed by atoms with Crippen molar-refractivity contribution in [2.24, 2.45) is 11.8 Å². The summed E-state index contributed by atoms with van der Waals surface area (Å²) >= 11 is 0. The Morgan fingerprint density at radius 2 is 1.56 bits per heavy atom. The van der Waals surface area contributed by atoms with E-state index in [1.807, 2.05) is 27.7 Å². The van der Waals surface area contributed by atoms with E-state index in [0.29, 0.717) is 5.92 Å². The lowest BCUT2D eigenvalue weighted by molar-refractivity contribution is -0.130. The Balaban J connectivity index is 0.00000137. The molecule has 1 atom stereocenters. The van der Waals surface area contributed by atoms with Crippen LogP contribution in [0, 0.1) is 11.8 Å². The van der Waals surface area contributed by atoms with E-state index in [1.165, 1.54) is 26.2 Å². The summed E-state index contributed by atoms with van der Waals surface area (Å²) in [4.78, 5) is 23.2. The number of carbonyl (C=O) groups is 2. The monoisotopic (exact) mass is 255 g/mol. The van der Waals surface area contributed by atoms with Gasteiger partial charge in [-0.3, -0.25) is 9.59 Å². The second-order valence-electron chi connectivity index (χ2n) is 5.13. The van der Waals surface area contributed by atoms with Crippen LogP contribution in [0.15, 0.2) is 0 Å². The van der Waals surface area contributed by atoms with Crippen molar-refractivity contribution in [2.75, 3.05) is 0 Å². The molecular formula is C15H29NO2. The Morgan fingerprint density at radius 1 is 1.06 bits per heavy atom. The quantitative estimate of drug-likeness (QED) is 0.837. The van der Waals surface area contributed by atoms with Crippen molar-refractivity contribution in [1.82, 2.24) is 5.32 Å². The van der Waals surface area contributed by atoms with Gasteiger partial charge in [0.1, 0.15) is 0 Å². The molecule has 0 saturated heterocycles. The van der Waals surface area contributed by atoms with E-state index < -0.39 is 0 Å². The molecular weight excluding hydrogens is 226 g/mol. The summed E-state index contributed by atoms with van der Waals surface area (Å²) in [5, 5.41) is 2.84. The van der Waals surface area contributed by atoms with Crippen molar-refractivity contribution in [3.63, 3.8) is 0 Å². The smallest absolute Gasteiger partial charge is 0.217 e. The van der Waals surface area contributed by atoms with Crippen LogP contribution in [0.2, 0.25) is 0 Å². The standard InChI is InChI=1S/C13H23NO2.C2H6/c1-9(2)13(16)12(14-10(3)15)11-7-5-4-6-8-11;1-2/h9,11-12H,4-8H2,1-3H3,(H,14,15);1-2H3. The first-order valence-corrected chi connectivity index (χ1v) is 7.33. The van der Waals surface area contributed by atoms with Crippen LogP contribution >= 0.6 is 0 Å². The molecule has 0 aromatic heterocycles. The van der Waals surface area contributed by atoms with Crippen molar-refractivity contribution in [3.05, 3.63) is 0 Å². The zero-order chi connectivity index (χ0) is 14.1. The molecule has 1 amide bonds. The Kier molecular flexibility index (Phi) is 8.69. The lowest BCUT2D eigenvalue weighted by Crippen LogP contribution is -2.47. The van der Waals surface area contributed by atoms with Crippen LogP contribution in [0.1, 0.15) is 66.7 Å².